The SMILES string of the molecule is CC(C)C1(C)CC(=O)N(C2(CO)CC2)C1=O. The van der Waals surface area contributed by atoms with Crippen LogP contribution in [-0.4, -0.2) is 34.0 Å². The van der Waals surface area contributed by atoms with E-state index in [2.05, 4.69) is 0 Å². The van der Waals surface area contributed by atoms with Gasteiger partial charge >= 0.3 is 0 Å². The van der Waals surface area contributed by atoms with Gasteiger partial charge in [-0.1, -0.05) is 13.8 Å². The zero-order chi connectivity index (χ0) is 12.1. The van der Waals surface area contributed by atoms with E-state index in [1.807, 2.05) is 20.8 Å². The van der Waals surface area contributed by atoms with Crippen molar-refractivity contribution in [3.8, 4) is 0 Å². The fourth-order valence-corrected chi connectivity index (χ4v) is 2.37. The molecule has 2 rings (SSSR count). The average Bonchev–Trinajstić information content (AvgIpc) is 2.94. The third-order valence-corrected chi connectivity index (χ3v) is 4.33. The van der Waals surface area contributed by atoms with Crippen molar-refractivity contribution in [3.05, 3.63) is 0 Å². The molecule has 1 N–H and O–H groups in total. The Morgan fingerprint density at radius 2 is 1.94 bits per heavy atom. The largest absolute Gasteiger partial charge is 0.394 e. The molecule has 0 aromatic heterocycles. The Morgan fingerprint density at radius 1 is 1.38 bits per heavy atom. The summed E-state index contributed by atoms with van der Waals surface area (Å²) < 4.78 is 0. The highest BCUT2D eigenvalue weighted by Crippen LogP contribution is 2.49. The lowest BCUT2D eigenvalue weighted by Crippen LogP contribution is -2.46. The fourth-order valence-electron chi connectivity index (χ4n) is 2.37. The monoisotopic (exact) mass is 225 g/mol. The van der Waals surface area contributed by atoms with Crippen LogP contribution < -0.4 is 0 Å². The molecule has 1 atom stereocenters. The zero-order valence-electron chi connectivity index (χ0n) is 10.1. The molecule has 90 valence electrons. The maximum atomic E-state index is 12.3. The van der Waals surface area contributed by atoms with E-state index in [4.69, 9.17) is 0 Å². The summed E-state index contributed by atoms with van der Waals surface area (Å²) in [7, 11) is 0. The lowest BCUT2D eigenvalue weighted by Gasteiger charge is -2.29. The molecule has 1 saturated carbocycles. The van der Waals surface area contributed by atoms with E-state index in [9.17, 15) is 14.7 Å². The van der Waals surface area contributed by atoms with Gasteiger partial charge in [-0.15, -0.1) is 0 Å². The molecule has 1 aliphatic carbocycles. The highest BCUT2D eigenvalue weighted by atomic mass is 16.3. The Bertz CT molecular complexity index is 346. The molecule has 0 aromatic rings. The van der Waals surface area contributed by atoms with Crippen molar-refractivity contribution in [3.63, 3.8) is 0 Å². The molecular weight excluding hydrogens is 206 g/mol. The van der Waals surface area contributed by atoms with E-state index in [0.717, 1.165) is 12.8 Å². The molecule has 2 amide bonds. The smallest absolute Gasteiger partial charge is 0.236 e. The first-order valence-corrected chi connectivity index (χ1v) is 5.86. The number of hydrogen-bond donors (Lipinski definition) is 1. The predicted molar refractivity (Wildman–Crippen MR) is 58.5 cm³/mol. The van der Waals surface area contributed by atoms with Gasteiger partial charge in [-0.3, -0.25) is 14.5 Å². The van der Waals surface area contributed by atoms with Crippen LogP contribution in [0.4, 0.5) is 0 Å². The van der Waals surface area contributed by atoms with Gasteiger partial charge in [0.05, 0.1) is 17.6 Å². The van der Waals surface area contributed by atoms with Gasteiger partial charge in [-0.25, -0.2) is 0 Å². The molecule has 1 heterocycles. The van der Waals surface area contributed by atoms with Gasteiger partial charge < -0.3 is 5.11 Å². The number of likely N-dealkylation sites (tertiary alicyclic amines) is 1. The second-order valence-electron chi connectivity index (χ2n) is 5.67. The number of rotatable bonds is 3. The number of amides is 2. The van der Waals surface area contributed by atoms with Crippen molar-refractivity contribution >= 4 is 11.8 Å². The molecule has 16 heavy (non-hydrogen) atoms. The quantitative estimate of drug-likeness (QED) is 0.727. The molecule has 2 aliphatic rings. The summed E-state index contributed by atoms with van der Waals surface area (Å²) in [6, 6.07) is 0. The second-order valence-corrected chi connectivity index (χ2v) is 5.67. The topological polar surface area (TPSA) is 57.6 Å². The normalized spacial score (nSPS) is 32.7. The first-order chi connectivity index (χ1) is 7.37. The van der Waals surface area contributed by atoms with Gasteiger partial charge in [0.1, 0.15) is 0 Å². The number of carbonyl (C=O) groups is 2. The Kier molecular flexibility index (Phi) is 2.38. The minimum atomic E-state index is -0.582. The summed E-state index contributed by atoms with van der Waals surface area (Å²) in [5.74, 6) is -0.0738. The minimum Gasteiger partial charge on any atom is -0.394 e. The molecule has 0 spiro atoms. The van der Waals surface area contributed by atoms with Crippen LogP contribution in [0.25, 0.3) is 0 Å². The van der Waals surface area contributed by atoms with Crippen LogP contribution >= 0.6 is 0 Å². The minimum absolute atomic E-state index is 0.0981. The molecule has 4 heteroatoms. The number of aliphatic hydroxyl groups excluding tert-OH is 1. The number of aliphatic hydroxyl groups is 1. The van der Waals surface area contributed by atoms with Crippen molar-refractivity contribution in [2.45, 2.75) is 45.6 Å². The van der Waals surface area contributed by atoms with E-state index in [1.165, 1.54) is 4.90 Å². The molecule has 2 fully saturated rings. The lowest BCUT2D eigenvalue weighted by atomic mass is 9.78. The van der Waals surface area contributed by atoms with Crippen LogP contribution in [0.5, 0.6) is 0 Å². The molecule has 0 bridgehead atoms. The summed E-state index contributed by atoms with van der Waals surface area (Å²) >= 11 is 0. The number of imide groups is 1. The standard InChI is InChI=1S/C12H19NO3/c1-8(2)11(3)6-9(15)13(10(11)16)12(7-14)4-5-12/h8,14H,4-7H2,1-3H3. The average molecular weight is 225 g/mol. The Balaban J connectivity index is 2.31. The molecular formula is C12H19NO3. The third-order valence-electron chi connectivity index (χ3n) is 4.33. The number of nitrogens with zero attached hydrogens (tertiary/aromatic N) is 1. The summed E-state index contributed by atoms with van der Waals surface area (Å²) in [5, 5.41) is 9.32. The predicted octanol–water partition coefficient (Wildman–Crippen LogP) is 0.932. The first kappa shape index (κ1) is 11.6. The third kappa shape index (κ3) is 1.32. The van der Waals surface area contributed by atoms with Gasteiger partial charge in [0.2, 0.25) is 11.8 Å². The molecule has 4 nitrogen and oxygen atoms in total. The highest BCUT2D eigenvalue weighted by Gasteiger charge is 2.61. The van der Waals surface area contributed by atoms with Crippen LogP contribution in [-0.2, 0) is 9.59 Å². The zero-order valence-corrected chi connectivity index (χ0v) is 10.1. The van der Waals surface area contributed by atoms with Crippen molar-refractivity contribution < 1.29 is 14.7 Å². The maximum Gasteiger partial charge on any atom is 0.236 e. The number of hydrogen-bond acceptors (Lipinski definition) is 3. The van der Waals surface area contributed by atoms with Crippen LogP contribution in [0.2, 0.25) is 0 Å². The van der Waals surface area contributed by atoms with Crippen LogP contribution in [0.1, 0.15) is 40.0 Å². The maximum absolute atomic E-state index is 12.3. The van der Waals surface area contributed by atoms with Gasteiger partial charge in [0.15, 0.2) is 0 Å². The van der Waals surface area contributed by atoms with E-state index < -0.39 is 11.0 Å². The van der Waals surface area contributed by atoms with Gasteiger partial charge in [-0.05, 0) is 25.7 Å². The molecule has 0 aromatic carbocycles. The van der Waals surface area contributed by atoms with E-state index >= 15 is 0 Å². The van der Waals surface area contributed by atoms with Crippen LogP contribution in [0, 0.1) is 11.3 Å². The van der Waals surface area contributed by atoms with Crippen LogP contribution in [0.3, 0.4) is 0 Å². The van der Waals surface area contributed by atoms with Gasteiger partial charge in [0, 0.05) is 6.42 Å². The summed E-state index contributed by atoms with van der Waals surface area (Å²) in [6.45, 7) is 5.68. The van der Waals surface area contributed by atoms with Crippen molar-refractivity contribution in [1.29, 1.82) is 0 Å². The Hall–Kier alpha value is -0.900. The lowest BCUT2D eigenvalue weighted by molar-refractivity contribution is -0.146. The van der Waals surface area contributed by atoms with Crippen LogP contribution in [0.15, 0.2) is 0 Å². The van der Waals surface area contributed by atoms with E-state index in [0.29, 0.717) is 0 Å². The highest BCUT2D eigenvalue weighted by molar-refractivity contribution is 6.07. The summed E-state index contributed by atoms with van der Waals surface area (Å²) in [4.78, 5) is 25.6. The van der Waals surface area contributed by atoms with E-state index in [1.54, 1.807) is 0 Å². The molecule has 1 unspecified atom stereocenters. The first-order valence-electron chi connectivity index (χ1n) is 5.86. The van der Waals surface area contributed by atoms with Crippen molar-refractivity contribution in [2.24, 2.45) is 11.3 Å². The van der Waals surface area contributed by atoms with Gasteiger partial charge in [0.25, 0.3) is 0 Å². The molecule has 1 aliphatic heterocycles. The van der Waals surface area contributed by atoms with Gasteiger partial charge in [-0.2, -0.15) is 0 Å². The van der Waals surface area contributed by atoms with Crippen molar-refractivity contribution in [2.75, 3.05) is 6.61 Å². The second kappa shape index (κ2) is 3.29. The summed E-state index contributed by atoms with van der Waals surface area (Å²) in [5.41, 5.74) is -1.14. The molecule has 0 radical (unpaired) electrons. The van der Waals surface area contributed by atoms with Crippen molar-refractivity contribution in [1.82, 2.24) is 4.90 Å². The molecule has 1 saturated heterocycles. The van der Waals surface area contributed by atoms with E-state index in [-0.39, 0.29) is 30.8 Å². The number of carbonyl (C=O) groups excluding carboxylic acids is 2. The Labute approximate surface area is 95.6 Å². The fraction of sp³-hybridized carbons (Fsp3) is 0.833. The summed E-state index contributed by atoms with van der Waals surface area (Å²) in [6.07, 6.45) is 1.77. The Morgan fingerprint density at radius 3 is 2.25 bits per heavy atom.